The average molecular weight is 168 g/mol. The molecule has 0 aliphatic rings. The molecule has 0 aliphatic heterocycles. The van der Waals surface area contributed by atoms with Gasteiger partial charge in [-0.2, -0.15) is 13.2 Å². The maximum atomic E-state index is 11.9. The highest BCUT2D eigenvalue weighted by Crippen LogP contribution is 2.29. The normalized spacial score (nSPS) is 15.0. The van der Waals surface area contributed by atoms with E-state index in [1.165, 1.54) is 6.92 Å². The molecule has 1 atom stereocenters. The van der Waals surface area contributed by atoms with Crippen LogP contribution < -0.4 is 0 Å². The topological polar surface area (TPSA) is 0 Å². The second-order valence-corrected chi connectivity index (χ2v) is 2.94. The van der Waals surface area contributed by atoms with Gasteiger partial charge in [0.05, 0.1) is 5.92 Å². The van der Waals surface area contributed by atoms with Crippen molar-refractivity contribution in [2.24, 2.45) is 5.92 Å². The highest BCUT2D eigenvalue weighted by molar-refractivity contribution is 4.61. The van der Waals surface area contributed by atoms with Crippen molar-refractivity contribution in [2.75, 3.05) is 0 Å². The summed E-state index contributed by atoms with van der Waals surface area (Å²) in [6, 6.07) is 0. The largest absolute Gasteiger partial charge is 0.391 e. The average Bonchev–Trinajstić information content (AvgIpc) is 1.86. The molecule has 0 rings (SSSR count). The molecular formula is C8H15F3. The van der Waals surface area contributed by atoms with Gasteiger partial charge >= 0.3 is 6.18 Å². The molecule has 0 aliphatic carbocycles. The van der Waals surface area contributed by atoms with E-state index in [1.54, 1.807) is 0 Å². The van der Waals surface area contributed by atoms with Crippen LogP contribution in [-0.4, -0.2) is 6.18 Å². The van der Waals surface area contributed by atoms with Crippen LogP contribution in [0.15, 0.2) is 0 Å². The predicted molar refractivity (Wildman–Crippen MR) is 39.4 cm³/mol. The van der Waals surface area contributed by atoms with Crippen LogP contribution in [0.3, 0.4) is 0 Å². The van der Waals surface area contributed by atoms with Crippen molar-refractivity contribution in [3.05, 3.63) is 0 Å². The molecule has 3 heteroatoms. The van der Waals surface area contributed by atoms with Crippen molar-refractivity contribution < 1.29 is 13.2 Å². The zero-order valence-electron chi connectivity index (χ0n) is 7.04. The fourth-order valence-corrected chi connectivity index (χ4v) is 0.864. The first-order valence-corrected chi connectivity index (χ1v) is 4.05. The van der Waals surface area contributed by atoms with Gasteiger partial charge in [0.2, 0.25) is 0 Å². The minimum Gasteiger partial charge on any atom is -0.171 e. The Morgan fingerprint density at radius 1 is 1.18 bits per heavy atom. The number of hydrogen-bond donors (Lipinski definition) is 0. The fraction of sp³-hybridized carbons (Fsp3) is 1.00. The molecule has 0 nitrogen and oxygen atoms in total. The van der Waals surface area contributed by atoms with Crippen molar-refractivity contribution in [1.82, 2.24) is 0 Å². The molecule has 0 bridgehead atoms. The van der Waals surface area contributed by atoms with E-state index in [4.69, 9.17) is 0 Å². The van der Waals surface area contributed by atoms with Crippen LogP contribution in [0.1, 0.15) is 39.5 Å². The summed E-state index contributed by atoms with van der Waals surface area (Å²) in [6.07, 6.45) is -1.15. The molecule has 0 heterocycles. The van der Waals surface area contributed by atoms with Crippen molar-refractivity contribution >= 4 is 0 Å². The minimum atomic E-state index is -3.99. The summed E-state index contributed by atoms with van der Waals surface area (Å²) in [5.41, 5.74) is 0. The standard InChI is InChI=1S/C8H15F3/c1-3-4-5-6-7(2)8(9,10)11/h7H,3-6H2,1-2H3/t7-/m1/s1. The second-order valence-electron chi connectivity index (χ2n) is 2.94. The van der Waals surface area contributed by atoms with Gasteiger partial charge < -0.3 is 0 Å². The third-order valence-corrected chi connectivity index (χ3v) is 1.80. The molecule has 0 N–H and O–H groups in total. The van der Waals surface area contributed by atoms with Gasteiger partial charge in [-0.1, -0.05) is 33.1 Å². The maximum absolute atomic E-state index is 11.9. The molecule has 0 saturated carbocycles. The molecule has 68 valence electrons. The van der Waals surface area contributed by atoms with Gasteiger partial charge in [0, 0.05) is 0 Å². The van der Waals surface area contributed by atoms with Gasteiger partial charge in [0.15, 0.2) is 0 Å². The first kappa shape index (κ1) is 10.8. The molecule has 11 heavy (non-hydrogen) atoms. The van der Waals surface area contributed by atoms with Crippen molar-refractivity contribution in [2.45, 2.75) is 45.7 Å². The number of unbranched alkanes of at least 4 members (excludes halogenated alkanes) is 2. The van der Waals surface area contributed by atoms with E-state index in [1.807, 2.05) is 6.92 Å². The van der Waals surface area contributed by atoms with Gasteiger partial charge in [0.25, 0.3) is 0 Å². The quantitative estimate of drug-likeness (QED) is 0.560. The SMILES string of the molecule is CCCCC[C@@H](C)C(F)(F)F. The number of hydrogen-bond acceptors (Lipinski definition) is 0. The highest BCUT2D eigenvalue weighted by atomic mass is 19.4. The van der Waals surface area contributed by atoms with Crippen LogP contribution in [0.5, 0.6) is 0 Å². The Kier molecular flexibility index (Phi) is 4.54. The Morgan fingerprint density at radius 3 is 2.09 bits per heavy atom. The van der Waals surface area contributed by atoms with E-state index in [2.05, 4.69) is 0 Å². The Morgan fingerprint density at radius 2 is 1.73 bits per heavy atom. The summed E-state index contributed by atoms with van der Waals surface area (Å²) in [4.78, 5) is 0. The summed E-state index contributed by atoms with van der Waals surface area (Å²) in [6.45, 7) is 3.23. The van der Waals surface area contributed by atoms with E-state index in [-0.39, 0.29) is 6.42 Å². The smallest absolute Gasteiger partial charge is 0.171 e. The maximum Gasteiger partial charge on any atom is 0.391 e. The van der Waals surface area contributed by atoms with E-state index in [9.17, 15) is 13.2 Å². The monoisotopic (exact) mass is 168 g/mol. The fourth-order valence-electron chi connectivity index (χ4n) is 0.864. The van der Waals surface area contributed by atoms with E-state index >= 15 is 0 Å². The van der Waals surface area contributed by atoms with Crippen LogP contribution in [0.2, 0.25) is 0 Å². The van der Waals surface area contributed by atoms with Gasteiger partial charge in [0.1, 0.15) is 0 Å². The van der Waals surface area contributed by atoms with E-state index < -0.39 is 12.1 Å². The summed E-state index contributed by atoms with van der Waals surface area (Å²) < 4.78 is 35.6. The first-order chi connectivity index (χ1) is 4.98. The second kappa shape index (κ2) is 4.62. The van der Waals surface area contributed by atoms with Crippen LogP contribution >= 0.6 is 0 Å². The molecule has 0 unspecified atom stereocenters. The van der Waals surface area contributed by atoms with Crippen molar-refractivity contribution in [3.63, 3.8) is 0 Å². The molecule has 0 amide bonds. The first-order valence-electron chi connectivity index (χ1n) is 4.05. The number of halogens is 3. The van der Waals surface area contributed by atoms with Crippen LogP contribution in [-0.2, 0) is 0 Å². The van der Waals surface area contributed by atoms with Gasteiger partial charge in [-0.25, -0.2) is 0 Å². The summed E-state index contributed by atoms with van der Waals surface area (Å²) in [5.74, 6) is -1.13. The zero-order valence-corrected chi connectivity index (χ0v) is 7.04. The van der Waals surface area contributed by atoms with Crippen LogP contribution in [0.4, 0.5) is 13.2 Å². The molecule has 0 spiro atoms. The Bertz CT molecular complexity index is 96.0. The third kappa shape index (κ3) is 5.10. The zero-order chi connectivity index (χ0) is 8.91. The molecule has 0 aromatic carbocycles. The lowest BCUT2D eigenvalue weighted by atomic mass is 10.0. The molecule has 0 aromatic rings. The van der Waals surface area contributed by atoms with Crippen molar-refractivity contribution in [1.29, 1.82) is 0 Å². The lowest BCUT2D eigenvalue weighted by Crippen LogP contribution is -2.19. The van der Waals surface area contributed by atoms with Crippen LogP contribution in [0, 0.1) is 5.92 Å². The van der Waals surface area contributed by atoms with Gasteiger partial charge in [-0.05, 0) is 6.42 Å². The predicted octanol–water partition coefficient (Wildman–Crippen LogP) is 3.77. The third-order valence-electron chi connectivity index (χ3n) is 1.80. The lowest BCUT2D eigenvalue weighted by molar-refractivity contribution is -0.171. The molecule has 0 saturated heterocycles. The van der Waals surface area contributed by atoms with Crippen LogP contribution in [0.25, 0.3) is 0 Å². The van der Waals surface area contributed by atoms with E-state index in [0.29, 0.717) is 6.42 Å². The molecule has 0 aromatic heterocycles. The summed E-state index contributed by atoms with van der Waals surface area (Å²) >= 11 is 0. The van der Waals surface area contributed by atoms with E-state index in [0.717, 1.165) is 12.8 Å². The summed E-state index contributed by atoms with van der Waals surface area (Å²) in [7, 11) is 0. The van der Waals surface area contributed by atoms with Gasteiger partial charge in [-0.3, -0.25) is 0 Å². The Labute approximate surface area is 65.8 Å². The van der Waals surface area contributed by atoms with Gasteiger partial charge in [-0.15, -0.1) is 0 Å². The van der Waals surface area contributed by atoms with Crippen molar-refractivity contribution in [3.8, 4) is 0 Å². The minimum absolute atomic E-state index is 0.275. The number of alkyl halides is 3. The lowest BCUT2D eigenvalue weighted by Gasteiger charge is -2.14. The number of rotatable bonds is 4. The molecule has 0 fully saturated rings. The Balaban J connectivity index is 3.44. The molecular weight excluding hydrogens is 153 g/mol. The molecule has 0 radical (unpaired) electrons. The summed E-state index contributed by atoms with van der Waals surface area (Å²) in [5, 5.41) is 0. The highest BCUT2D eigenvalue weighted by Gasteiger charge is 2.34. The Hall–Kier alpha value is -0.210.